The molecule has 2 aromatic carbocycles. The highest BCUT2D eigenvalue weighted by Crippen LogP contribution is 2.42. The van der Waals surface area contributed by atoms with Gasteiger partial charge in [0.15, 0.2) is 0 Å². The van der Waals surface area contributed by atoms with Crippen LogP contribution >= 0.6 is 0 Å². The Balaban J connectivity index is 1.65. The molecule has 12 heteroatoms. The van der Waals surface area contributed by atoms with Gasteiger partial charge in [-0.15, -0.1) is 0 Å². The van der Waals surface area contributed by atoms with Crippen LogP contribution in [0.3, 0.4) is 0 Å². The third kappa shape index (κ3) is 8.90. The van der Waals surface area contributed by atoms with E-state index in [0.717, 1.165) is 18.4 Å². The molecule has 46 heavy (non-hydrogen) atoms. The van der Waals surface area contributed by atoms with E-state index in [2.05, 4.69) is 5.32 Å². The summed E-state index contributed by atoms with van der Waals surface area (Å²) in [4.78, 5) is 65.4. The molecule has 0 aromatic heterocycles. The quantitative estimate of drug-likeness (QED) is 0.221. The smallest absolute Gasteiger partial charge is 0.497 e. The van der Waals surface area contributed by atoms with E-state index in [1.165, 1.54) is 0 Å². The summed E-state index contributed by atoms with van der Waals surface area (Å²) in [6.45, 7) is 12.6. The molecule has 1 atom stereocenters. The molecule has 4 rings (SSSR count). The van der Waals surface area contributed by atoms with Gasteiger partial charge in [0.05, 0.1) is 36.6 Å². The standard InChI is InChI=1S/C34H45N3O9/c1-9-43-27-19-23(42-8)15-16-24(27)26(17-18-28(38)37(46-34(5,6)7)45-32(41)44-33(2,3)4)36-20-22-11-10-12-25(29(22)31(36)40)35-30(39)21-13-14-21/h10-12,15-16,19,21,26H,9,13-14,17-18,20H2,1-8H3,(H,35,39). The van der Waals surface area contributed by atoms with Crippen molar-refractivity contribution in [2.45, 2.75) is 97.9 Å². The average Bonchev–Trinajstić information content (AvgIpc) is 3.76. The Morgan fingerprint density at radius 3 is 2.37 bits per heavy atom. The van der Waals surface area contributed by atoms with Crippen LogP contribution in [0, 0.1) is 5.92 Å². The molecule has 1 heterocycles. The molecule has 0 spiro atoms. The summed E-state index contributed by atoms with van der Waals surface area (Å²) in [5.74, 6) is -0.00303. The fraction of sp³-hybridized carbons (Fsp3) is 0.529. The Morgan fingerprint density at radius 1 is 1.04 bits per heavy atom. The number of anilines is 1. The Morgan fingerprint density at radius 2 is 1.76 bits per heavy atom. The minimum absolute atomic E-state index is 0.0311. The zero-order chi connectivity index (χ0) is 33.8. The predicted octanol–water partition coefficient (Wildman–Crippen LogP) is 6.35. The molecule has 1 aliphatic carbocycles. The summed E-state index contributed by atoms with van der Waals surface area (Å²) in [6.07, 6.45) is 0.523. The molecule has 1 N–H and O–H groups in total. The van der Waals surface area contributed by atoms with Crippen LogP contribution in [-0.4, -0.2) is 58.9 Å². The molecular weight excluding hydrogens is 594 g/mol. The van der Waals surface area contributed by atoms with E-state index < -0.39 is 29.3 Å². The van der Waals surface area contributed by atoms with Crippen LogP contribution < -0.4 is 14.8 Å². The molecule has 1 saturated carbocycles. The molecule has 2 aromatic rings. The summed E-state index contributed by atoms with van der Waals surface area (Å²) >= 11 is 0. The van der Waals surface area contributed by atoms with Crippen molar-refractivity contribution in [3.05, 3.63) is 53.1 Å². The van der Waals surface area contributed by atoms with E-state index in [9.17, 15) is 19.2 Å². The molecule has 250 valence electrons. The summed E-state index contributed by atoms with van der Waals surface area (Å²) in [7, 11) is 1.55. The maximum absolute atomic E-state index is 14.1. The van der Waals surface area contributed by atoms with Gasteiger partial charge in [0.2, 0.25) is 5.91 Å². The van der Waals surface area contributed by atoms with Crippen LogP contribution in [0.15, 0.2) is 36.4 Å². The highest BCUT2D eigenvalue weighted by molar-refractivity contribution is 6.07. The normalized spacial score (nSPS) is 15.1. The van der Waals surface area contributed by atoms with Gasteiger partial charge in [-0.3, -0.25) is 19.2 Å². The maximum Gasteiger partial charge on any atom is 0.536 e. The van der Waals surface area contributed by atoms with Gasteiger partial charge < -0.3 is 24.4 Å². The molecule has 3 amide bonds. The van der Waals surface area contributed by atoms with Crippen LogP contribution in [0.2, 0.25) is 0 Å². The second kappa shape index (κ2) is 14.0. The maximum atomic E-state index is 14.1. The van der Waals surface area contributed by atoms with Gasteiger partial charge in [0.25, 0.3) is 11.8 Å². The van der Waals surface area contributed by atoms with Crippen molar-refractivity contribution in [3.63, 3.8) is 0 Å². The zero-order valence-corrected chi connectivity index (χ0v) is 27.9. The number of ether oxygens (including phenoxy) is 3. The fourth-order valence-corrected chi connectivity index (χ4v) is 5.05. The van der Waals surface area contributed by atoms with Crippen molar-refractivity contribution in [2.24, 2.45) is 5.92 Å². The third-order valence-corrected chi connectivity index (χ3v) is 7.17. The number of nitrogens with one attached hydrogen (secondary N) is 1. The molecular formula is C34H45N3O9. The van der Waals surface area contributed by atoms with Gasteiger partial charge in [-0.05, 0) is 96.7 Å². The van der Waals surface area contributed by atoms with Crippen molar-refractivity contribution in [1.82, 2.24) is 10.1 Å². The second-order valence-corrected chi connectivity index (χ2v) is 13.3. The van der Waals surface area contributed by atoms with Crippen LogP contribution in [0.1, 0.15) is 102 Å². The van der Waals surface area contributed by atoms with Crippen molar-refractivity contribution in [3.8, 4) is 11.5 Å². The van der Waals surface area contributed by atoms with Crippen molar-refractivity contribution in [2.75, 3.05) is 19.0 Å². The topological polar surface area (TPSA) is 133 Å². The zero-order valence-electron chi connectivity index (χ0n) is 27.9. The molecule has 0 bridgehead atoms. The number of rotatable bonds is 11. The first kappa shape index (κ1) is 34.6. The number of nitrogens with zero attached hydrogens (tertiary/aromatic N) is 2. The number of methoxy groups -OCH3 is 1. The summed E-state index contributed by atoms with van der Waals surface area (Å²) in [5, 5.41) is 3.49. The number of hydrogen-bond donors (Lipinski definition) is 1. The first-order valence-corrected chi connectivity index (χ1v) is 15.6. The Bertz CT molecular complexity index is 1460. The first-order valence-electron chi connectivity index (χ1n) is 15.6. The number of benzene rings is 2. The van der Waals surface area contributed by atoms with Gasteiger partial charge in [0.1, 0.15) is 17.1 Å². The van der Waals surface area contributed by atoms with E-state index in [1.807, 2.05) is 25.1 Å². The average molecular weight is 640 g/mol. The second-order valence-electron chi connectivity index (χ2n) is 13.3. The molecule has 2 aliphatic rings. The van der Waals surface area contributed by atoms with E-state index in [4.69, 9.17) is 23.9 Å². The van der Waals surface area contributed by atoms with E-state index >= 15 is 0 Å². The highest BCUT2D eigenvalue weighted by Gasteiger charge is 2.39. The third-order valence-electron chi connectivity index (χ3n) is 7.17. The lowest BCUT2D eigenvalue weighted by Crippen LogP contribution is -2.41. The van der Waals surface area contributed by atoms with Gasteiger partial charge in [0, 0.05) is 30.5 Å². The molecule has 0 saturated heterocycles. The van der Waals surface area contributed by atoms with Gasteiger partial charge in [-0.2, -0.15) is 0 Å². The largest absolute Gasteiger partial charge is 0.536 e. The van der Waals surface area contributed by atoms with Crippen LogP contribution in [-0.2, 0) is 30.5 Å². The summed E-state index contributed by atoms with van der Waals surface area (Å²) < 4.78 is 16.6. The lowest BCUT2D eigenvalue weighted by atomic mass is 9.98. The van der Waals surface area contributed by atoms with Gasteiger partial charge in [-0.1, -0.05) is 12.1 Å². The summed E-state index contributed by atoms with van der Waals surface area (Å²) in [5.41, 5.74) is 0.564. The molecule has 0 radical (unpaired) electrons. The minimum atomic E-state index is -1.10. The number of amides is 3. The van der Waals surface area contributed by atoms with Gasteiger partial charge in [-0.25, -0.2) is 9.63 Å². The minimum Gasteiger partial charge on any atom is -0.497 e. The Hall–Kier alpha value is -4.32. The van der Waals surface area contributed by atoms with Gasteiger partial charge >= 0.3 is 6.16 Å². The molecule has 1 aliphatic heterocycles. The molecule has 1 unspecified atom stereocenters. The number of carbonyl (C=O) groups excluding carboxylic acids is 4. The number of fused-ring (bicyclic) bond motifs is 1. The Kier molecular flexibility index (Phi) is 10.5. The van der Waals surface area contributed by atoms with Crippen LogP contribution in [0.25, 0.3) is 0 Å². The number of hydroxylamine groups is 2. The van der Waals surface area contributed by atoms with E-state index in [-0.39, 0.29) is 37.1 Å². The van der Waals surface area contributed by atoms with E-state index in [0.29, 0.717) is 40.1 Å². The monoisotopic (exact) mass is 639 g/mol. The Labute approximate surface area is 270 Å². The van der Waals surface area contributed by atoms with E-state index in [1.54, 1.807) is 71.8 Å². The van der Waals surface area contributed by atoms with Crippen LogP contribution in [0.5, 0.6) is 11.5 Å². The predicted molar refractivity (Wildman–Crippen MR) is 169 cm³/mol. The molecule has 1 fully saturated rings. The van der Waals surface area contributed by atoms with Crippen molar-refractivity contribution >= 4 is 29.6 Å². The molecule has 12 nitrogen and oxygen atoms in total. The van der Waals surface area contributed by atoms with Crippen molar-refractivity contribution in [1.29, 1.82) is 0 Å². The fourth-order valence-electron chi connectivity index (χ4n) is 5.05. The van der Waals surface area contributed by atoms with Crippen molar-refractivity contribution < 1.29 is 43.1 Å². The number of carbonyl (C=O) groups is 4. The highest BCUT2D eigenvalue weighted by atomic mass is 17.0. The SMILES string of the molecule is CCOc1cc(OC)ccc1C(CCC(=O)N(OC(=O)OC(C)(C)C)OC(C)(C)C)N1Cc2cccc(NC(=O)C3CC3)c2C1=O. The number of hydrogen-bond acceptors (Lipinski definition) is 9. The first-order chi connectivity index (χ1) is 21.6. The lowest BCUT2D eigenvalue weighted by Gasteiger charge is -2.31. The van der Waals surface area contributed by atoms with Crippen LogP contribution in [0.4, 0.5) is 10.5 Å². The summed E-state index contributed by atoms with van der Waals surface area (Å²) in [6, 6.07) is 10.1. The lowest BCUT2D eigenvalue weighted by molar-refractivity contribution is -0.354.